The van der Waals surface area contributed by atoms with Crippen LogP contribution in [0.4, 0.5) is 0 Å². The Morgan fingerprint density at radius 3 is 2.67 bits per heavy atom. The molecule has 1 aliphatic heterocycles. The molecular formula is C24H24N2O6S. The molecule has 0 fully saturated rings. The van der Waals surface area contributed by atoms with Gasteiger partial charge in [-0.05, 0) is 54.3 Å². The number of carbonyl (C=O) groups excluding carboxylic acids is 2. The zero-order chi connectivity index (χ0) is 23.0. The number of hydrogen-bond acceptors (Lipinski definition) is 8. The van der Waals surface area contributed by atoms with Gasteiger partial charge in [0.15, 0.2) is 6.61 Å². The standard InChI is InChI=1S/C24H24N2O6S/c1-29-17-8-10-18(11-9-17)30-12-3-7-24(28)32-16-23(27)26-20(21-5-2-13-31-21)15-19(25-26)22-6-4-14-33-22/h2,4-6,8-11,13-14,20H,3,7,12,15-16H2,1H3/t20-/m0/s1. The van der Waals surface area contributed by atoms with Crippen molar-refractivity contribution in [3.8, 4) is 11.5 Å². The lowest BCUT2D eigenvalue weighted by molar-refractivity contribution is -0.153. The second-order valence-corrected chi connectivity index (χ2v) is 8.23. The van der Waals surface area contributed by atoms with Crippen LogP contribution in [0.15, 0.2) is 69.7 Å². The fourth-order valence-corrected chi connectivity index (χ4v) is 4.11. The summed E-state index contributed by atoms with van der Waals surface area (Å²) in [7, 11) is 1.60. The summed E-state index contributed by atoms with van der Waals surface area (Å²) in [6, 6.07) is 14.3. The van der Waals surface area contributed by atoms with Gasteiger partial charge in [0.25, 0.3) is 5.91 Å². The first-order chi connectivity index (χ1) is 16.1. The molecule has 3 aromatic rings. The quantitative estimate of drug-likeness (QED) is 0.323. The van der Waals surface area contributed by atoms with Crippen LogP contribution < -0.4 is 9.47 Å². The maximum atomic E-state index is 12.8. The van der Waals surface area contributed by atoms with Crippen molar-refractivity contribution in [3.63, 3.8) is 0 Å². The number of amides is 1. The number of hydrogen-bond donors (Lipinski definition) is 0. The van der Waals surface area contributed by atoms with Crippen LogP contribution in [0.2, 0.25) is 0 Å². The number of thiophene rings is 1. The largest absolute Gasteiger partial charge is 0.497 e. The van der Waals surface area contributed by atoms with Crippen LogP contribution >= 0.6 is 11.3 Å². The van der Waals surface area contributed by atoms with Crippen molar-refractivity contribution in [1.82, 2.24) is 5.01 Å². The third-order valence-electron chi connectivity index (χ3n) is 5.05. The van der Waals surface area contributed by atoms with Gasteiger partial charge in [-0.25, -0.2) is 5.01 Å². The molecule has 0 saturated carbocycles. The zero-order valence-electron chi connectivity index (χ0n) is 18.1. The van der Waals surface area contributed by atoms with Crippen molar-refractivity contribution in [2.24, 2.45) is 5.10 Å². The molecule has 0 saturated heterocycles. The maximum Gasteiger partial charge on any atom is 0.306 e. The van der Waals surface area contributed by atoms with Gasteiger partial charge in [0.05, 0.1) is 30.6 Å². The van der Waals surface area contributed by atoms with Crippen LogP contribution in [-0.4, -0.2) is 42.9 Å². The summed E-state index contributed by atoms with van der Waals surface area (Å²) >= 11 is 1.56. The van der Waals surface area contributed by atoms with Crippen LogP contribution in [0.1, 0.15) is 35.9 Å². The summed E-state index contributed by atoms with van der Waals surface area (Å²) < 4.78 is 21.4. The lowest BCUT2D eigenvalue weighted by Gasteiger charge is -2.19. The lowest BCUT2D eigenvalue weighted by atomic mass is 10.1. The predicted octanol–water partition coefficient (Wildman–Crippen LogP) is 4.43. The minimum Gasteiger partial charge on any atom is -0.497 e. The van der Waals surface area contributed by atoms with Gasteiger partial charge >= 0.3 is 5.97 Å². The smallest absolute Gasteiger partial charge is 0.306 e. The molecule has 0 radical (unpaired) electrons. The Hall–Kier alpha value is -3.59. The molecular weight excluding hydrogens is 444 g/mol. The molecule has 33 heavy (non-hydrogen) atoms. The van der Waals surface area contributed by atoms with Crippen molar-refractivity contribution in [1.29, 1.82) is 0 Å². The van der Waals surface area contributed by atoms with E-state index in [4.69, 9.17) is 18.6 Å². The average Bonchev–Trinajstić information content (AvgIpc) is 3.61. The van der Waals surface area contributed by atoms with Crippen molar-refractivity contribution < 1.29 is 28.2 Å². The van der Waals surface area contributed by atoms with Crippen molar-refractivity contribution in [2.45, 2.75) is 25.3 Å². The number of esters is 1. The molecule has 0 bridgehead atoms. The molecule has 9 heteroatoms. The average molecular weight is 469 g/mol. The van der Waals surface area contributed by atoms with E-state index in [0.29, 0.717) is 31.0 Å². The number of furan rings is 1. The highest BCUT2D eigenvalue weighted by Gasteiger charge is 2.35. The van der Waals surface area contributed by atoms with Gasteiger partial charge in [0.1, 0.15) is 23.3 Å². The molecule has 172 valence electrons. The van der Waals surface area contributed by atoms with Gasteiger partial charge in [0.2, 0.25) is 0 Å². The molecule has 0 unspecified atom stereocenters. The summed E-state index contributed by atoms with van der Waals surface area (Å²) in [6.07, 6.45) is 2.72. The van der Waals surface area contributed by atoms with E-state index in [-0.39, 0.29) is 19.1 Å². The highest BCUT2D eigenvalue weighted by atomic mass is 32.1. The number of carbonyl (C=O) groups is 2. The van der Waals surface area contributed by atoms with Crippen LogP contribution in [0.3, 0.4) is 0 Å². The van der Waals surface area contributed by atoms with Gasteiger partial charge < -0.3 is 18.6 Å². The van der Waals surface area contributed by atoms with E-state index in [1.807, 2.05) is 23.6 Å². The molecule has 1 amide bonds. The van der Waals surface area contributed by atoms with Crippen molar-refractivity contribution in [3.05, 3.63) is 70.8 Å². The zero-order valence-corrected chi connectivity index (χ0v) is 19.0. The number of nitrogens with zero attached hydrogens (tertiary/aromatic N) is 2. The Morgan fingerprint density at radius 2 is 1.97 bits per heavy atom. The Balaban J connectivity index is 1.25. The normalized spacial score (nSPS) is 15.2. The topological polar surface area (TPSA) is 90.6 Å². The van der Waals surface area contributed by atoms with Gasteiger partial charge in [-0.2, -0.15) is 5.10 Å². The highest BCUT2D eigenvalue weighted by Crippen LogP contribution is 2.34. The number of ether oxygens (including phenoxy) is 3. The van der Waals surface area contributed by atoms with Crippen molar-refractivity contribution >= 4 is 28.9 Å². The minimum absolute atomic E-state index is 0.148. The van der Waals surface area contributed by atoms with Crippen LogP contribution in [0.25, 0.3) is 0 Å². The van der Waals surface area contributed by atoms with E-state index in [1.54, 1.807) is 55.0 Å². The van der Waals surface area contributed by atoms with E-state index in [2.05, 4.69) is 5.10 Å². The molecule has 3 heterocycles. The molecule has 0 N–H and O–H groups in total. The third-order valence-corrected chi connectivity index (χ3v) is 5.97. The summed E-state index contributed by atoms with van der Waals surface area (Å²) in [5, 5.41) is 7.82. The molecule has 1 aromatic carbocycles. The fraction of sp³-hybridized carbons (Fsp3) is 0.292. The van der Waals surface area contributed by atoms with Gasteiger partial charge in [-0.3, -0.25) is 9.59 Å². The Bertz CT molecular complexity index is 1080. The van der Waals surface area contributed by atoms with Crippen LogP contribution in [-0.2, 0) is 14.3 Å². The predicted molar refractivity (Wildman–Crippen MR) is 122 cm³/mol. The van der Waals surface area contributed by atoms with E-state index in [0.717, 1.165) is 16.3 Å². The van der Waals surface area contributed by atoms with E-state index >= 15 is 0 Å². The Labute approximate surface area is 195 Å². The van der Waals surface area contributed by atoms with Crippen molar-refractivity contribution in [2.75, 3.05) is 20.3 Å². The molecule has 0 aliphatic carbocycles. The number of methoxy groups -OCH3 is 1. The maximum absolute atomic E-state index is 12.8. The van der Waals surface area contributed by atoms with Gasteiger partial charge in [-0.1, -0.05) is 6.07 Å². The Kier molecular flexibility index (Phi) is 7.41. The second-order valence-electron chi connectivity index (χ2n) is 7.29. The molecule has 4 rings (SSSR count). The first-order valence-corrected chi connectivity index (χ1v) is 11.4. The summed E-state index contributed by atoms with van der Waals surface area (Å²) in [5.74, 6) is 1.22. The van der Waals surface area contributed by atoms with Crippen LogP contribution in [0.5, 0.6) is 11.5 Å². The number of hydrazone groups is 1. The third kappa shape index (κ3) is 5.81. The summed E-state index contributed by atoms with van der Waals surface area (Å²) in [5.41, 5.74) is 0.807. The molecule has 1 aliphatic rings. The number of rotatable bonds is 10. The first-order valence-electron chi connectivity index (χ1n) is 10.5. The first kappa shape index (κ1) is 22.6. The van der Waals surface area contributed by atoms with Crippen LogP contribution in [0, 0.1) is 0 Å². The lowest BCUT2D eigenvalue weighted by Crippen LogP contribution is -2.31. The van der Waals surface area contributed by atoms with E-state index in [9.17, 15) is 9.59 Å². The monoisotopic (exact) mass is 468 g/mol. The summed E-state index contributed by atoms with van der Waals surface area (Å²) in [6.45, 7) is -0.0207. The van der Waals surface area contributed by atoms with E-state index < -0.39 is 11.9 Å². The van der Waals surface area contributed by atoms with E-state index in [1.165, 1.54) is 5.01 Å². The number of benzene rings is 1. The molecule has 8 nitrogen and oxygen atoms in total. The highest BCUT2D eigenvalue weighted by molar-refractivity contribution is 7.12. The molecule has 0 spiro atoms. The van der Waals surface area contributed by atoms with Gasteiger partial charge in [0, 0.05) is 12.8 Å². The molecule has 2 aromatic heterocycles. The van der Waals surface area contributed by atoms with Gasteiger partial charge in [-0.15, -0.1) is 11.3 Å². The molecule has 1 atom stereocenters. The minimum atomic E-state index is -0.460. The second kappa shape index (κ2) is 10.8. The fourth-order valence-electron chi connectivity index (χ4n) is 3.39. The Morgan fingerprint density at radius 1 is 1.15 bits per heavy atom. The summed E-state index contributed by atoms with van der Waals surface area (Å²) in [4.78, 5) is 25.9. The SMILES string of the molecule is COc1ccc(OCCCC(=O)OCC(=O)N2N=C(c3cccs3)C[C@H]2c2ccco2)cc1.